The monoisotopic (exact) mass is 345 g/mol. The fourth-order valence-corrected chi connectivity index (χ4v) is 4.73. The topological polar surface area (TPSA) is 37.8 Å². The van der Waals surface area contributed by atoms with Gasteiger partial charge in [-0.15, -0.1) is 0 Å². The maximum Gasteiger partial charge on any atom is 0.0813 e. The number of hydrogen-bond acceptors (Lipinski definition) is 5. The third-order valence-electron chi connectivity index (χ3n) is 5.86. The average Bonchev–Trinajstić information content (AvgIpc) is 2.97. The lowest BCUT2D eigenvalue weighted by atomic mass is 9.86. The van der Waals surface area contributed by atoms with Gasteiger partial charge in [-0.1, -0.05) is 6.07 Å². The maximum absolute atomic E-state index is 6.41. The molecule has 0 radical (unpaired) electrons. The summed E-state index contributed by atoms with van der Waals surface area (Å²) in [5, 5.41) is 0. The normalized spacial score (nSPS) is 31.6. The Morgan fingerprint density at radius 3 is 2.92 bits per heavy atom. The highest BCUT2D eigenvalue weighted by Crippen LogP contribution is 2.38. The van der Waals surface area contributed by atoms with Crippen LogP contribution in [-0.4, -0.2) is 72.9 Å². The summed E-state index contributed by atoms with van der Waals surface area (Å²) in [6.07, 6.45) is 3.66. The Kier molecular flexibility index (Phi) is 5.36. The van der Waals surface area contributed by atoms with E-state index in [2.05, 4.69) is 39.9 Å². The van der Waals surface area contributed by atoms with Crippen molar-refractivity contribution in [3.05, 3.63) is 29.6 Å². The van der Waals surface area contributed by atoms with Crippen molar-refractivity contribution < 1.29 is 9.47 Å². The molecule has 4 rings (SSSR count). The van der Waals surface area contributed by atoms with Crippen LogP contribution in [0.4, 0.5) is 0 Å². The number of likely N-dealkylation sites (tertiary alicyclic amines) is 1. The fourth-order valence-electron chi connectivity index (χ4n) is 4.73. The van der Waals surface area contributed by atoms with E-state index in [1.54, 1.807) is 0 Å². The van der Waals surface area contributed by atoms with Crippen LogP contribution in [0.2, 0.25) is 0 Å². The second-order valence-electron chi connectivity index (χ2n) is 8.06. The minimum atomic E-state index is 0.0824. The molecule has 4 heterocycles. The van der Waals surface area contributed by atoms with Gasteiger partial charge in [0.25, 0.3) is 0 Å². The van der Waals surface area contributed by atoms with E-state index in [1.807, 2.05) is 0 Å². The highest BCUT2D eigenvalue weighted by Gasteiger charge is 2.43. The van der Waals surface area contributed by atoms with Crippen LogP contribution in [0.5, 0.6) is 0 Å². The van der Waals surface area contributed by atoms with Gasteiger partial charge in [0.2, 0.25) is 0 Å². The molecule has 3 fully saturated rings. The van der Waals surface area contributed by atoms with Gasteiger partial charge in [0, 0.05) is 38.4 Å². The standard InChI is InChI=1S/C20H31N3O2/c1-17-4-2-5-19(21-17)14-23-7-3-6-20(16-23)12-18(15-25-20)13-22-8-10-24-11-9-22/h2,4-5,18H,3,6-16H2,1H3. The molecule has 1 aromatic rings. The van der Waals surface area contributed by atoms with Gasteiger partial charge in [0.1, 0.15) is 0 Å². The molecule has 2 unspecified atom stereocenters. The van der Waals surface area contributed by atoms with E-state index in [1.165, 1.54) is 31.5 Å². The number of morpholine rings is 1. The molecule has 1 spiro atoms. The van der Waals surface area contributed by atoms with E-state index < -0.39 is 0 Å². The Labute approximate surface area is 151 Å². The molecule has 1 aromatic heterocycles. The van der Waals surface area contributed by atoms with Crippen LogP contribution < -0.4 is 0 Å². The molecule has 138 valence electrons. The van der Waals surface area contributed by atoms with E-state index in [4.69, 9.17) is 9.47 Å². The number of piperidine rings is 1. The molecule has 2 atom stereocenters. The van der Waals surface area contributed by atoms with Gasteiger partial charge in [-0.05, 0) is 50.8 Å². The minimum absolute atomic E-state index is 0.0824. The SMILES string of the molecule is Cc1cccc(CN2CCCC3(CC(CN4CCOCC4)CO3)C2)n1. The van der Waals surface area contributed by atoms with Crippen molar-refractivity contribution in [2.24, 2.45) is 5.92 Å². The van der Waals surface area contributed by atoms with Crippen molar-refractivity contribution in [2.75, 3.05) is 52.5 Å². The quantitative estimate of drug-likeness (QED) is 0.835. The lowest BCUT2D eigenvalue weighted by Gasteiger charge is -2.40. The summed E-state index contributed by atoms with van der Waals surface area (Å²) in [6, 6.07) is 6.32. The van der Waals surface area contributed by atoms with Gasteiger partial charge in [-0.2, -0.15) is 0 Å². The summed E-state index contributed by atoms with van der Waals surface area (Å²) in [5.41, 5.74) is 2.37. The molecule has 0 aliphatic carbocycles. The van der Waals surface area contributed by atoms with Gasteiger partial charge in [-0.3, -0.25) is 14.8 Å². The molecule has 5 nitrogen and oxygen atoms in total. The molecule has 0 aromatic carbocycles. The molecule has 5 heteroatoms. The van der Waals surface area contributed by atoms with Gasteiger partial charge < -0.3 is 9.47 Å². The van der Waals surface area contributed by atoms with Crippen LogP contribution in [0.15, 0.2) is 18.2 Å². The summed E-state index contributed by atoms with van der Waals surface area (Å²) >= 11 is 0. The second-order valence-corrected chi connectivity index (χ2v) is 8.06. The number of aryl methyl sites for hydroxylation is 1. The lowest BCUT2D eigenvalue weighted by molar-refractivity contribution is -0.0539. The van der Waals surface area contributed by atoms with Gasteiger partial charge in [-0.25, -0.2) is 0 Å². The predicted molar refractivity (Wildman–Crippen MR) is 97.5 cm³/mol. The smallest absolute Gasteiger partial charge is 0.0813 e. The molecular formula is C20H31N3O2. The Balaban J connectivity index is 1.32. The Hall–Kier alpha value is -1.01. The largest absolute Gasteiger partial charge is 0.379 e. The molecule has 0 bridgehead atoms. The number of hydrogen-bond donors (Lipinski definition) is 0. The van der Waals surface area contributed by atoms with Gasteiger partial charge in [0.15, 0.2) is 0 Å². The van der Waals surface area contributed by atoms with E-state index >= 15 is 0 Å². The third kappa shape index (κ3) is 4.40. The summed E-state index contributed by atoms with van der Waals surface area (Å²) < 4.78 is 11.9. The highest BCUT2D eigenvalue weighted by molar-refractivity contribution is 5.10. The van der Waals surface area contributed by atoms with Gasteiger partial charge >= 0.3 is 0 Å². The van der Waals surface area contributed by atoms with Crippen molar-refractivity contribution in [3.8, 4) is 0 Å². The Morgan fingerprint density at radius 1 is 1.20 bits per heavy atom. The number of pyridine rings is 1. The van der Waals surface area contributed by atoms with Crippen LogP contribution in [0, 0.1) is 12.8 Å². The van der Waals surface area contributed by atoms with Crippen LogP contribution in [-0.2, 0) is 16.0 Å². The van der Waals surface area contributed by atoms with Crippen LogP contribution >= 0.6 is 0 Å². The first-order chi connectivity index (χ1) is 12.2. The van der Waals surface area contributed by atoms with Gasteiger partial charge in [0.05, 0.1) is 31.1 Å². The predicted octanol–water partition coefficient (Wildman–Crippen LogP) is 2.09. The number of nitrogens with zero attached hydrogens (tertiary/aromatic N) is 3. The first-order valence-electron chi connectivity index (χ1n) is 9.80. The molecular weight excluding hydrogens is 314 g/mol. The summed E-state index contributed by atoms with van der Waals surface area (Å²) in [7, 11) is 0. The van der Waals surface area contributed by atoms with Crippen molar-refractivity contribution in [1.82, 2.24) is 14.8 Å². The van der Waals surface area contributed by atoms with E-state index in [0.717, 1.165) is 58.2 Å². The highest BCUT2D eigenvalue weighted by atomic mass is 16.5. The fraction of sp³-hybridized carbons (Fsp3) is 0.750. The average molecular weight is 345 g/mol. The van der Waals surface area contributed by atoms with Crippen molar-refractivity contribution in [3.63, 3.8) is 0 Å². The molecule has 0 N–H and O–H groups in total. The zero-order valence-electron chi connectivity index (χ0n) is 15.5. The van der Waals surface area contributed by atoms with Crippen LogP contribution in [0.1, 0.15) is 30.7 Å². The first-order valence-corrected chi connectivity index (χ1v) is 9.80. The zero-order chi connectivity index (χ0) is 17.1. The lowest BCUT2D eigenvalue weighted by Crippen LogP contribution is -2.47. The third-order valence-corrected chi connectivity index (χ3v) is 5.86. The molecule has 3 saturated heterocycles. The van der Waals surface area contributed by atoms with Crippen LogP contribution in [0.3, 0.4) is 0 Å². The molecule has 0 saturated carbocycles. The van der Waals surface area contributed by atoms with E-state index in [0.29, 0.717) is 5.92 Å². The molecule has 3 aliphatic rings. The van der Waals surface area contributed by atoms with Crippen molar-refractivity contribution in [1.29, 1.82) is 0 Å². The number of ether oxygens (including phenoxy) is 2. The molecule has 25 heavy (non-hydrogen) atoms. The molecule has 0 amide bonds. The van der Waals surface area contributed by atoms with Crippen molar-refractivity contribution >= 4 is 0 Å². The Morgan fingerprint density at radius 2 is 2.08 bits per heavy atom. The summed E-state index contributed by atoms with van der Waals surface area (Å²) in [4.78, 5) is 9.77. The number of rotatable bonds is 4. The van der Waals surface area contributed by atoms with E-state index in [-0.39, 0.29) is 5.60 Å². The second kappa shape index (κ2) is 7.70. The Bertz CT molecular complexity index is 576. The summed E-state index contributed by atoms with van der Waals surface area (Å²) in [5.74, 6) is 0.676. The number of aromatic nitrogens is 1. The first kappa shape index (κ1) is 17.4. The molecule has 3 aliphatic heterocycles. The van der Waals surface area contributed by atoms with Crippen molar-refractivity contribution in [2.45, 2.75) is 38.3 Å². The van der Waals surface area contributed by atoms with Crippen LogP contribution in [0.25, 0.3) is 0 Å². The zero-order valence-corrected chi connectivity index (χ0v) is 15.5. The van der Waals surface area contributed by atoms with E-state index in [9.17, 15) is 0 Å². The minimum Gasteiger partial charge on any atom is -0.379 e. The maximum atomic E-state index is 6.41. The summed E-state index contributed by atoms with van der Waals surface area (Å²) in [6.45, 7) is 11.3.